The van der Waals surface area contributed by atoms with Crippen molar-refractivity contribution < 1.29 is 27.5 Å². The average Bonchev–Trinajstić information content (AvgIpc) is 2.62. The SMILES string of the molecule is COC(=O)C[C@@H](NC(=O)Cn1cc(C(F)(F)F)ccc1=O)c1ccccc1. The second-order valence-electron chi connectivity index (χ2n) is 5.69. The first-order chi connectivity index (χ1) is 12.7. The molecule has 0 unspecified atom stereocenters. The summed E-state index contributed by atoms with van der Waals surface area (Å²) < 4.78 is 43.6. The largest absolute Gasteiger partial charge is 0.469 e. The summed E-state index contributed by atoms with van der Waals surface area (Å²) >= 11 is 0. The van der Waals surface area contributed by atoms with E-state index in [0.717, 1.165) is 6.07 Å². The van der Waals surface area contributed by atoms with Crippen molar-refractivity contribution in [3.05, 3.63) is 70.1 Å². The van der Waals surface area contributed by atoms with Gasteiger partial charge in [0.2, 0.25) is 5.91 Å². The van der Waals surface area contributed by atoms with Crippen LogP contribution in [0.5, 0.6) is 0 Å². The molecule has 0 radical (unpaired) electrons. The van der Waals surface area contributed by atoms with Crippen LogP contribution in [-0.2, 0) is 27.0 Å². The maximum Gasteiger partial charge on any atom is 0.417 e. The summed E-state index contributed by atoms with van der Waals surface area (Å²) in [5, 5.41) is 2.55. The van der Waals surface area contributed by atoms with Gasteiger partial charge in [0.25, 0.3) is 5.56 Å². The fourth-order valence-corrected chi connectivity index (χ4v) is 2.40. The molecule has 2 rings (SSSR count). The molecule has 2 aromatic rings. The van der Waals surface area contributed by atoms with E-state index in [1.807, 2.05) is 0 Å². The second-order valence-corrected chi connectivity index (χ2v) is 5.69. The van der Waals surface area contributed by atoms with Crippen LogP contribution in [0.4, 0.5) is 13.2 Å². The van der Waals surface area contributed by atoms with Crippen LogP contribution in [0.2, 0.25) is 0 Å². The number of hydrogen-bond acceptors (Lipinski definition) is 4. The number of halogens is 3. The first-order valence-corrected chi connectivity index (χ1v) is 7.89. The first kappa shape index (κ1) is 20.2. The zero-order valence-corrected chi connectivity index (χ0v) is 14.3. The Kier molecular flexibility index (Phi) is 6.38. The zero-order valence-electron chi connectivity index (χ0n) is 14.3. The van der Waals surface area contributed by atoms with Crippen molar-refractivity contribution in [2.45, 2.75) is 25.2 Å². The minimum Gasteiger partial charge on any atom is -0.469 e. The monoisotopic (exact) mass is 382 g/mol. The van der Waals surface area contributed by atoms with Crippen molar-refractivity contribution in [2.75, 3.05) is 7.11 Å². The third-order valence-corrected chi connectivity index (χ3v) is 3.76. The lowest BCUT2D eigenvalue weighted by Crippen LogP contribution is -2.35. The molecular weight excluding hydrogens is 365 g/mol. The number of nitrogens with one attached hydrogen (secondary N) is 1. The molecule has 0 aliphatic carbocycles. The highest BCUT2D eigenvalue weighted by molar-refractivity contribution is 5.78. The molecule has 9 heteroatoms. The normalized spacial score (nSPS) is 12.3. The van der Waals surface area contributed by atoms with E-state index in [2.05, 4.69) is 10.1 Å². The second kappa shape index (κ2) is 8.52. The molecule has 0 aliphatic heterocycles. The van der Waals surface area contributed by atoms with Crippen molar-refractivity contribution in [2.24, 2.45) is 0 Å². The molecule has 27 heavy (non-hydrogen) atoms. The summed E-state index contributed by atoms with van der Waals surface area (Å²) in [6.07, 6.45) is -4.22. The number of aromatic nitrogens is 1. The first-order valence-electron chi connectivity index (χ1n) is 7.89. The van der Waals surface area contributed by atoms with Gasteiger partial charge in [0, 0.05) is 12.3 Å². The Morgan fingerprint density at radius 3 is 2.41 bits per heavy atom. The molecule has 0 aliphatic rings. The van der Waals surface area contributed by atoms with Gasteiger partial charge in [-0.2, -0.15) is 13.2 Å². The Morgan fingerprint density at radius 2 is 1.81 bits per heavy atom. The third kappa shape index (κ3) is 5.70. The van der Waals surface area contributed by atoms with Crippen LogP contribution < -0.4 is 10.9 Å². The van der Waals surface area contributed by atoms with E-state index >= 15 is 0 Å². The Bertz CT molecular complexity index is 863. The van der Waals surface area contributed by atoms with E-state index in [-0.39, 0.29) is 6.42 Å². The Balaban J connectivity index is 2.19. The van der Waals surface area contributed by atoms with E-state index in [0.29, 0.717) is 22.4 Å². The number of hydrogen-bond donors (Lipinski definition) is 1. The number of rotatable bonds is 6. The highest BCUT2D eigenvalue weighted by atomic mass is 19.4. The van der Waals surface area contributed by atoms with Crippen LogP contribution in [0.15, 0.2) is 53.5 Å². The molecule has 1 amide bonds. The van der Waals surface area contributed by atoms with Crippen molar-refractivity contribution in [3.8, 4) is 0 Å². The predicted octanol–water partition coefficient (Wildman–Crippen LogP) is 2.29. The van der Waals surface area contributed by atoms with Crippen molar-refractivity contribution in [1.29, 1.82) is 0 Å². The van der Waals surface area contributed by atoms with Gasteiger partial charge < -0.3 is 14.6 Å². The van der Waals surface area contributed by atoms with E-state index in [1.54, 1.807) is 30.3 Å². The summed E-state index contributed by atoms with van der Waals surface area (Å²) in [4.78, 5) is 35.6. The molecule has 0 spiro atoms. The molecule has 1 atom stereocenters. The van der Waals surface area contributed by atoms with E-state index in [9.17, 15) is 27.6 Å². The van der Waals surface area contributed by atoms with E-state index in [4.69, 9.17) is 0 Å². The number of carbonyl (C=O) groups is 2. The van der Waals surface area contributed by atoms with E-state index < -0.39 is 41.8 Å². The number of amides is 1. The van der Waals surface area contributed by atoms with Crippen molar-refractivity contribution >= 4 is 11.9 Å². The number of ether oxygens (including phenoxy) is 1. The molecule has 1 aromatic heterocycles. The Morgan fingerprint density at radius 1 is 1.15 bits per heavy atom. The zero-order chi connectivity index (χ0) is 20.0. The number of alkyl halides is 3. The third-order valence-electron chi connectivity index (χ3n) is 3.76. The lowest BCUT2D eigenvalue weighted by Gasteiger charge is -2.19. The maximum atomic E-state index is 12.8. The van der Waals surface area contributed by atoms with Crippen LogP contribution in [0, 0.1) is 0 Å². The summed E-state index contributed by atoms with van der Waals surface area (Å²) in [6.45, 7) is -0.618. The minimum absolute atomic E-state index is 0.163. The topological polar surface area (TPSA) is 77.4 Å². The van der Waals surface area contributed by atoms with Crippen LogP contribution in [0.25, 0.3) is 0 Å². The van der Waals surface area contributed by atoms with Crippen molar-refractivity contribution in [3.63, 3.8) is 0 Å². The number of carbonyl (C=O) groups excluding carboxylic acids is 2. The van der Waals surface area contributed by atoms with Gasteiger partial charge in [0.1, 0.15) is 6.54 Å². The molecule has 1 N–H and O–H groups in total. The number of nitrogens with zero attached hydrogens (tertiary/aromatic N) is 1. The molecule has 0 fully saturated rings. The summed E-state index contributed by atoms with van der Waals surface area (Å²) in [5.74, 6) is -1.28. The molecule has 1 heterocycles. The molecule has 0 saturated heterocycles. The standard InChI is InChI=1S/C18H17F3N2O4/c1-27-17(26)9-14(12-5-3-2-4-6-12)22-15(24)11-23-10-13(18(19,20)21)7-8-16(23)25/h2-8,10,14H,9,11H2,1H3,(H,22,24)/t14-/m1/s1. The average molecular weight is 382 g/mol. The quantitative estimate of drug-likeness (QED) is 0.778. The van der Waals surface area contributed by atoms with Crippen LogP contribution >= 0.6 is 0 Å². The van der Waals surface area contributed by atoms with Gasteiger partial charge in [-0.3, -0.25) is 14.4 Å². The molecular formula is C18H17F3N2O4. The predicted molar refractivity (Wildman–Crippen MR) is 89.7 cm³/mol. The van der Waals surface area contributed by atoms with Gasteiger partial charge in [-0.25, -0.2) is 0 Å². The van der Waals surface area contributed by atoms with Crippen LogP contribution in [0.3, 0.4) is 0 Å². The highest BCUT2D eigenvalue weighted by Crippen LogP contribution is 2.28. The lowest BCUT2D eigenvalue weighted by molar-refractivity contribution is -0.141. The molecule has 144 valence electrons. The van der Waals surface area contributed by atoms with Gasteiger partial charge in [0.15, 0.2) is 0 Å². The van der Waals surface area contributed by atoms with E-state index in [1.165, 1.54) is 7.11 Å². The molecule has 0 bridgehead atoms. The highest BCUT2D eigenvalue weighted by Gasteiger charge is 2.31. The van der Waals surface area contributed by atoms with Gasteiger partial charge >= 0.3 is 12.1 Å². The minimum atomic E-state index is -4.64. The number of methoxy groups -OCH3 is 1. The molecule has 1 aromatic carbocycles. The van der Waals surface area contributed by atoms with Crippen LogP contribution in [0.1, 0.15) is 23.6 Å². The number of benzene rings is 1. The molecule has 6 nitrogen and oxygen atoms in total. The lowest BCUT2D eigenvalue weighted by atomic mass is 10.0. The Hall–Kier alpha value is -3.10. The summed E-state index contributed by atoms with van der Waals surface area (Å²) in [7, 11) is 1.20. The van der Waals surface area contributed by atoms with Gasteiger partial charge in [-0.05, 0) is 11.6 Å². The molecule has 0 saturated carbocycles. The fourth-order valence-electron chi connectivity index (χ4n) is 2.40. The smallest absolute Gasteiger partial charge is 0.417 e. The fraction of sp³-hybridized carbons (Fsp3) is 0.278. The van der Waals surface area contributed by atoms with Crippen LogP contribution in [-0.4, -0.2) is 23.6 Å². The number of esters is 1. The maximum absolute atomic E-state index is 12.8. The Labute approximate surface area is 152 Å². The van der Waals surface area contributed by atoms with Gasteiger partial charge in [-0.15, -0.1) is 0 Å². The van der Waals surface area contributed by atoms with Gasteiger partial charge in [-0.1, -0.05) is 30.3 Å². The number of pyridine rings is 1. The van der Waals surface area contributed by atoms with Gasteiger partial charge in [0.05, 0.1) is 25.1 Å². The summed E-state index contributed by atoms with van der Waals surface area (Å²) in [5.41, 5.74) is -1.17. The summed E-state index contributed by atoms with van der Waals surface area (Å²) in [6, 6.07) is 9.21. The van der Waals surface area contributed by atoms with Crippen molar-refractivity contribution in [1.82, 2.24) is 9.88 Å².